The van der Waals surface area contributed by atoms with Gasteiger partial charge in [-0.1, -0.05) is 47.5 Å². The lowest BCUT2D eigenvalue weighted by Gasteiger charge is -2.12. The minimum atomic E-state index is 0.512. The van der Waals surface area contributed by atoms with E-state index < -0.39 is 0 Å². The van der Waals surface area contributed by atoms with Crippen molar-refractivity contribution in [2.75, 3.05) is 10.6 Å². The van der Waals surface area contributed by atoms with Crippen molar-refractivity contribution in [3.63, 3.8) is 0 Å². The fraction of sp³-hybridized carbons (Fsp3) is 0.200. The van der Waals surface area contributed by atoms with E-state index in [-0.39, 0.29) is 0 Å². The standard InChI is InChI=1S/C20H21BrN4S/c1-13-4-7-16(8-5-13)11-25-12-17(21)19(24-25)23-20(26)22-18-9-6-14(2)10-15(18)3/h4-10,12H,11H2,1-3H3,(H2,22,23,24,26). The van der Waals surface area contributed by atoms with E-state index in [4.69, 9.17) is 12.2 Å². The Bertz CT molecular complexity index is 931. The average molecular weight is 429 g/mol. The zero-order valence-electron chi connectivity index (χ0n) is 15.0. The molecular formula is C20H21BrN4S. The van der Waals surface area contributed by atoms with Crippen LogP contribution in [0.15, 0.2) is 53.1 Å². The Morgan fingerprint density at radius 2 is 1.73 bits per heavy atom. The van der Waals surface area contributed by atoms with Crippen molar-refractivity contribution in [2.45, 2.75) is 27.3 Å². The van der Waals surface area contributed by atoms with Crippen LogP contribution in [0, 0.1) is 20.8 Å². The molecular weight excluding hydrogens is 408 g/mol. The molecule has 0 aliphatic heterocycles. The summed E-state index contributed by atoms with van der Waals surface area (Å²) < 4.78 is 2.76. The molecule has 0 amide bonds. The van der Waals surface area contributed by atoms with Crippen LogP contribution in [0.2, 0.25) is 0 Å². The van der Waals surface area contributed by atoms with Crippen molar-refractivity contribution in [2.24, 2.45) is 0 Å². The predicted octanol–water partition coefficient (Wildman–Crippen LogP) is 5.43. The lowest BCUT2D eigenvalue weighted by atomic mass is 10.1. The maximum Gasteiger partial charge on any atom is 0.176 e. The first-order valence-corrected chi connectivity index (χ1v) is 9.54. The zero-order valence-corrected chi connectivity index (χ0v) is 17.4. The van der Waals surface area contributed by atoms with Gasteiger partial charge in [-0.25, -0.2) is 0 Å². The smallest absolute Gasteiger partial charge is 0.176 e. The van der Waals surface area contributed by atoms with Crippen LogP contribution in [0.1, 0.15) is 22.3 Å². The summed E-state index contributed by atoms with van der Waals surface area (Å²) in [6, 6.07) is 14.7. The Kier molecular flexibility index (Phi) is 5.74. The molecule has 6 heteroatoms. The van der Waals surface area contributed by atoms with Gasteiger partial charge in [-0.2, -0.15) is 5.10 Å². The molecule has 0 aliphatic carbocycles. The minimum absolute atomic E-state index is 0.512. The Balaban J connectivity index is 1.67. The second kappa shape index (κ2) is 8.01. The number of thiocarbonyl (C=S) groups is 1. The molecule has 0 radical (unpaired) electrons. The second-order valence-electron chi connectivity index (χ2n) is 6.41. The van der Waals surface area contributed by atoms with E-state index in [1.54, 1.807) is 0 Å². The number of benzene rings is 2. The van der Waals surface area contributed by atoms with E-state index in [0.29, 0.717) is 17.5 Å². The van der Waals surface area contributed by atoms with Crippen LogP contribution in [0.3, 0.4) is 0 Å². The lowest BCUT2D eigenvalue weighted by molar-refractivity contribution is 0.689. The van der Waals surface area contributed by atoms with Gasteiger partial charge in [0.2, 0.25) is 0 Å². The third-order valence-electron chi connectivity index (χ3n) is 4.04. The summed E-state index contributed by atoms with van der Waals surface area (Å²) in [5, 5.41) is 11.5. The zero-order chi connectivity index (χ0) is 18.7. The van der Waals surface area contributed by atoms with E-state index in [0.717, 1.165) is 15.7 Å². The number of aromatic nitrogens is 2. The Hall–Kier alpha value is -2.18. The number of rotatable bonds is 4. The van der Waals surface area contributed by atoms with E-state index in [2.05, 4.69) is 88.8 Å². The van der Waals surface area contributed by atoms with Gasteiger partial charge in [0.05, 0.1) is 11.0 Å². The van der Waals surface area contributed by atoms with Crippen molar-refractivity contribution in [1.82, 2.24) is 9.78 Å². The van der Waals surface area contributed by atoms with Crippen molar-refractivity contribution >= 4 is 44.8 Å². The van der Waals surface area contributed by atoms with Gasteiger partial charge < -0.3 is 10.6 Å². The van der Waals surface area contributed by atoms with Crippen molar-refractivity contribution in [3.05, 3.63) is 75.4 Å². The monoisotopic (exact) mass is 428 g/mol. The lowest BCUT2D eigenvalue weighted by Crippen LogP contribution is -2.20. The predicted molar refractivity (Wildman–Crippen MR) is 116 cm³/mol. The third kappa shape index (κ3) is 4.71. The molecule has 0 aliphatic rings. The SMILES string of the molecule is Cc1ccc(Cn2cc(Br)c(NC(=S)Nc3ccc(C)cc3C)n2)cc1. The van der Waals surface area contributed by atoms with E-state index in [1.807, 2.05) is 16.9 Å². The Morgan fingerprint density at radius 3 is 2.42 bits per heavy atom. The first kappa shape index (κ1) is 18.6. The molecule has 3 aromatic rings. The number of aryl methyl sites for hydroxylation is 3. The molecule has 1 heterocycles. The fourth-order valence-corrected chi connectivity index (χ4v) is 3.28. The normalized spacial score (nSPS) is 10.6. The summed E-state index contributed by atoms with van der Waals surface area (Å²) in [5.74, 6) is 0.694. The van der Waals surface area contributed by atoms with Gasteiger partial charge in [-0.05, 0) is 66.1 Å². The molecule has 0 atom stereocenters. The number of nitrogens with one attached hydrogen (secondary N) is 2. The first-order valence-electron chi connectivity index (χ1n) is 8.34. The summed E-state index contributed by atoms with van der Waals surface area (Å²) in [6.07, 6.45) is 1.95. The van der Waals surface area contributed by atoms with Gasteiger partial charge in [-0.15, -0.1) is 0 Å². The molecule has 1 aromatic heterocycles. The molecule has 2 aromatic carbocycles. The molecule has 0 saturated heterocycles. The van der Waals surface area contributed by atoms with Gasteiger partial charge >= 0.3 is 0 Å². The van der Waals surface area contributed by atoms with Crippen molar-refractivity contribution in [3.8, 4) is 0 Å². The van der Waals surface area contributed by atoms with Crippen LogP contribution in [-0.4, -0.2) is 14.9 Å². The molecule has 4 nitrogen and oxygen atoms in total. The Labute approximate surface area is 167 Å². The molecule has 26 heavy (non-hydrogen) atoms. The fourth-order valence-electron chi connectivity index (χ4n) is 2.66. The molecule has 0 fully saturated rings. The number of hydrogen-bond acceptors (Lipinski definition) is 2. The number of anilines is 2. The molecule has 0 saturated carbocycles. The highest BCUT2D eigenvalue weighted by molar-refractivity contribution is 9.10. The summed E-state index contributed by atoms with van der Waals surface area (Å²) in [4.78, 5) is 0. The summed E-state index contributed by atoms with van der Waals surface area (Å²) in [6.45, 7) is 6.92. The molecule has 2 N–H and O–H groups in total. The van der Waals surface area contributed by atoms with Crippen molar-refractivity contribution in [1.29, 1.82) is 0 Å². The van der Waals surface area contributed by atoms with Crippen molar-refractivity contribution < 1.29 is 0 Å². The third-order valence-corrected chi connectivity index (χ3v) is 4.83. The highest BCUT2D eigenvalue weighted by Crippen LogP contribution is 2.22. The van der Waals surface area contributed by atoms with Gasteiger partial charge in [-0.3, -0.25) is 4.68 Å². The summed E-state index contributed by atoms with van der Waals surface area (Å²) in [5.41, 5.74) is 5.82. The largest absolute Gasteiger partial charge is 0.332 e. The molecule has 0 bridgehead atoms. The quantitative estimate of drug-likeness (QED) is 0.543. The van der Waals surface area contributed by atoms with Crippen LogP contribution in [0.5, 0.6) is 0 Å². The molecule has 134 valence electrons. The maximum absolute atomic E-state index is 5.43. The topological polar surface area (TPSA) is 41.9 Å². The summed E-state index contributed by atoms with van der Waals surface area (Å²) >= 11 is 8.98. The first-order chi connectivity index (χ1) is 12.4. The van der Waals surface area contributed by atoms with Crippen LogP contribution >= 0.6 is 28.1 Å². The number of nitrogens with zero attached hydrogens (tertiary/aromatic N) is 2. The van der Waals surface area contributed by atoms with Gasteiger partial charge in [0.15, 0.2) is 10.9 Å². The van der Waals surface area contributed by atoms with Crippen LogP contribution in [0.25, 0.3) is 0 Å². The highest BCUT2D eigenvalue weighted by Gasteiger charge is 2.09. The number of hydrogen-bond donors (Lipinski definition) is 2. The summed E-state index contributed by atoms with van der Waals surface area (Å²) in [7, 11) is 0. The van der Waals surface area contributed by atoms with Gasteiger partial charge in [0.25, 0.3) is 0 Å². The molecule has 0 spiro atoms. The van der Waals surface area contributed by atoms with E-state index >= 15 is 0 Å². The maximum atomic E-state index is 5.43. The molecule has 0 unspecified atom stereocenters. The number of halogens is 1. The molecule has 3 rings (SSSR count). The van der Waals surface area contributed by atoms with E-state index in [1.165, 1.54) is 16.7 Å². The average Bonchev–Trinajstić information content (AvgIpc) is 2.91. The van der Waals surface area contributed by atoms with Gasteiger partial charge in [0, 0.05) is 11.9 Å². The van der Waals surface area contributed by atoms with Gasteiger partial charge in [0.1, 0.15) is 0 Å². The van der Waals surface area contributed by atoms with E-state index in [9.17, 15) is 0 Å². The van der Waals surface area contributed by atoms with Crippen LogP contribution in [-0.2, 0) is 6.54 Å². The Morgan fingerprint density at radius 1 is 1.04 bits per heavy atom. The second-order valence-corrected chi connectivity index (χ2v) is 7.67. The minimum Gasteiger partial charge on any atom is -0.332 e. The van der Waals surface area contributed by atoms with Crippen LogP contribution < -0.4 is 10.6 Å². The van der Waals surface area contributed by atoms with Crippen LogP contribution in [0.4, 0.5) is 11.5 Å². The highest BCUT2D eigenvalue weighted by atomic mass is 79.9.